The molecule has 3 N–H and O–H groups in total. The van der Waals surface area contributed by atoms with Crippen LogP contribution in [0, 0.1) is 12.7 Å². The first kappa shape index (κ1) is 14.7. The summed E-state index contributed by atoms with van der Waals surface area (Å²) in [5.41, 5.74) is 6.96. The highest BCUT2D eigenvalue weighted by Gasteiger charge is 2.15. The number of primary amides is 1. The molecule has 0 aliphatic rings. The van der Waals surface area contributed by atoms with E-state index in [2.05, 4.69) is 10.3 Å². The van der Waals surface area contributed by atoms with Crippen LogP contribution in [0.4, 0.5) is 10.1 Å². The summed E-state index contributed by atoms with van der Waals surface area (Å²) in [5, 5.41) is 2.44. The molecule has 2 aromatic heterocycles. The summed E-state index contributed by atoms with van der Waals surface area (Å²) in [7, 11) is 0. The lowest BCUT2D eigenvalue weighted by atomic mass is 10.2. The van der Waals surface area contributed by atoms with Gasteiger partial charge < -0.3 is 11.1 Å². The van der Waals surface area contributed by atoms with E-state index in [0.29, 0.717) is 5.65 Å². The summed E-state index contributed by atoms with van der Waals surface area (Å²) in [6.07, 6.45) is 3.16. The van der Waals surface area contributed by atoms with E-state index in [1.807, 2.05) is 13.0 Å². The lowest BCUT2D eigenvalue weighted by Crippen LogP contribution is -2.17. The number of carbonyl (C=O) groups excluding carboxylic acids is 2. The number of benzene rings is 1. The Balaban J connectivity index is 1.96. The number of anilines is 1. The fourth-order valence-electron chi connectivity index (χ4n) is 2.22. The molecule has 0 radical (unpaired) electrons. The number of nitrogens with one attached hydrogen (secondary N) is 1. The maximum atomic E-state index is 13.8. The van der Waals surface area contributed by atoms with E-state index in [9.17, 15) is 14.0 Å². The van der Waals surface area contributed by atoms with E-state index in [0.717, 1.165) is 11.6 Å². The predicted molar refractivity (Wildman–Crippen MR) is 82.8 cm³/mol. The van der Waals surface area contributed by atoms with Crippen LogP contribution >= 0.6 is 0 Å². The summed E-state index contributed by atoms with van der Waals surface area (Å²) in [5.74, 6) is -1.90. The zero-order valence-electron chi connectivity index (χ0n) is 12.2. The van der Waals surface area contributed by atoms with Gasteiger partial charge >= 0.3 is 0 Å². The van der Waals surface area contributed by atoms with Gasteiger partial charge in [0.1, 0.15) is 17.2 Å². The Hall–Kier alpha value is -3.22. The van der Waals surface area contributed by atoms with Crippen molar-refractivity contribution in [1.82, 2.24) is 9.38 Å². The third kappa shape index (κ3) is 2.76. The molecule has 2 heterocycles. The second-order valence-electron chi connectivity index (χ2n) is 5.09. The highest BCUT2D eigenvalue weighted by Crippen LogP contribution is 2.18. The molecule has 3 rings (SSSR count). The van der Waals surface area contributed by atoms with Crippen LogP contribution in [0.2, 0.25) is 0 Å². The van der Waals surface area contributed by atoms with Crippen molar-refractivity contribution in [1.29, 1.82) is 0 Å². The van der Waals surface area contributed by atoms with Crippen LogP contribution in [0.25, 0.3) is 5.65 Å². The van der Waals surface area contributed by atoms with Crippen LogP contribution in [0.5, 0.6) is 0 Å². The Morgan fingerprint density at radius 3 is 2.78 bits per heavy atom. The number of hydrogen-bond donors (Lipinski definition) is 2. The van der Waals surface area contributed by atoms with Crippen LogP contribution in [0.1, 0.15) is 26.4 Å². The van der Waals surface area contributed by atoms with E-state index in [1.54, 1.807) is 16.7 Å². The second kappa shape index (κ2) is 5.53. The van der Waals surface area contributed by atoms with Gasteiger partial charge in [-0.15, -0.1) is 0 Å². The van der Waals surface area contributed by atoms with Crippen LogP contribution < -0.4 is 11.1 Å². The van der Waals surface area contributed by atoms with Crippen LogP contribution in [-0.4, -0.2) is 21.2 Å². The Labute approximate surface area is 130 Å². The lowest BCUT2D eigenvalue weighted by Gasteiger charge is -2.08. The average Bonchev–Trinajstić information content (AvgIpc) is 2.92. The minimum atomic E-state index is -0.703. The maximum absolute atomic E-state index is 13.8. The lowest BCUT2D eigenvalue weighted by molar-refractivity contribution is 0.0995. The number of aryl methyl sites for hydroxylation is 1. The van der Waals surface area contributed by atoms with Gasteiger partial charge in [-0.05, 0) is 36.8 Å². The molecule has 23 heavy (non-hydrogen) atoms. The van der Waals surface area contributed by atoms with Gasteiger partial charge in [0, 0.05) is 11.8 Å². The molecule has 1 aromatic carbocycles. The number of nitrogens with two attached hydrogens (primary N) is 1. The molecule has 0 saturated carbocycles. The number of nitrogens with zero attached hydrogens (tertiary/aromatic N) is 2. The van der Waals surface area contributed by atoms with Gasteiger partial charge in [0.25, 0.3) is 5.91 Å². The Bertz CT molecular complexity index is 933. The molecule has 0 fully saturated rings. The quantitative estimate of drug-likeness (QED) is 0.776. The number of halogens is 1. The van der Waals surface area contributed by atoms with Crippen molar-refractivity contribution in [2.75, 3.05) is 5.32 Å². The summed E-state index contributed by atoms with van der Waals surface area (Å²) in [6.45, 7) is 1.89. The van der Waals surface area contributed by atoms with Crippen molar-refractivity contribution < 1.29 is 14.0 Å². The summed E-state index contributed by atoms with van der Waals surface area (Å²) in [4.78, 5) is 27.7. The van der Waals surface area contributed by atoms with E-state index in [1.165, 1.54) is 18.3 Å². The van der Waals surface area contributed by atoms with E-state index in [-0.39, 0.29) is 16.9 Å². The van der Waals surface area contributed by atoms with Gasteiger partial charge in [0.05, 0.1) is 11.9 Å². The maximum Gasteiger partial charge on any atom is 0.274 e. The van der Waals surface area contributed by atoms with Gasteiger partial charge in [-0.2, -0.15) is 0 Å². The van der Waals surface area contributed by atoms with Crippen molar-refractivity contribution in [3.63, 3.8) is 0 Å². The molecule has 0 atom stereocenters. The van der Waals surface area contributed by atoms with Gasteiger partial charge in [0.15, 0.2) is 0 Å². The largest absolute Gasteiger partial charge is 0.366 e. The third-order valence-electron chi connectivity index (χ3n) is 3.39. The molecule has 7 heteroatoms. The van der Waals surface area contributed by atoms with Gasteiger partial charge in [-0.25, -0.2) is 9.37 Å². The first-order chi connectivity index (χ1) is 11.0. The zero-order chi connectivity index (χ0) is 16.6. The molecule has 2 amide bonds. The molecular formula is C16H13FN4O2. The zero-order valence-corrected chi connectivity index (χ0v) is 12.2. The Morgan fingerprint density at radius 2 is 2.04 bits per heavy atom. The molecule has 0 aliphatic carbocycles. The first-order valence-corrected chi connectivity index (χ1v) is 6.80. The predicted octanol–water partition coefficient (Wildman–Crippen LogP) is 2.13. The van der Waals surface area contributed by atoms with E-state index >= 15 is 0 Å². The van der Waals surface area contributed by atoms with Crippen LogP contribution in [0.3, 0.4) is 0 Å². The first-order valence-electron chi connectivity index (χ1n) is 6.80. The number of amides is 2. The summed E-state index contributed by atoms with van der Waals surface area (Å²) < 4.78 is 15.4. The number of carbonyl (C=O) groups is 2. The summed E-state index contributed by atoms with van der Waals surface area (Å²) >= 11 is 0. The van der Waals surface area contributed by atoms with Gasteiger partial charge in [-0.3, -0.25) is 14.0 Å². The average molecular weight is 312 g/mol. The molecule has 0 bridgehead atoms. The highest BCUT2D eigenvalue weighted by atomic mass is 19.1. The molecule has 6 nitrogen and oxygen atoms in total. The number of rotatable bonds is 3. The van der Waals surface area contributed by atoms with Crippen molar-refractivity contribution >= 4 is 23.1 Å². The monoisotopic (exact) mass is 312 g/mol. The van der Waals surface area contributed by atoms with Crippen molar-refractivity contribution in [3.05, 3.63) is 65.4 Å². The standard InChI is InChI=1S/C16H13FN4O2/c1-9-2-5-14-19-7-13(21(14)8-9)16(23)20-12-6-10(15(18)22)3-4-11(12)17/h2-8H,1H3,(H2,18,22)(H,20,23). The topological polar surface area (TPSA) is 89.5 Å². The minimum absolute atomic E-state index is 0.107. The number of pyridine rings is 1. The fourth-order valence-corrected chi connectivity index (χ4v) is 2.22. The fraction of sp³-hybridized carbons (Fsp3) is 0.0625. The Kier molecular flexibility index (Phi) is 3.53. The molecule has 0 unspecified atom stereocenters. The number of hydrogen-bond acceptors (Lipinski definition) is 3. The van der Waals surface area contributed by atoms with E-state index in [4.69, 9.17) is 5.73 Å². The smallest absolute Gasteiger partial charge is 0.274 e. The normalized spacial score (nSPS) is 10.7. The molecule has 0 saturated heterocycles. The second-order valence-corrected chi connectivity index (χ2v) is 5.09. The SMILES string of the molecule is Cc1ccc2ncc(C(=O)Nc3cc(C(N)=O)ccc3F)n2c1. The molecular weight excluding hydrogens is 299 g/mol. The minimum Gasteiger partial charge on any atom is -0.366 e. The Morgan fingerprint density at radius 1 is 1.26 bits per heavy atom. The number of aromatic nitrogens is 2. The third-order valence-corrected chi connectivity index (χ3v) is 3.39. The van der Waals surface area contributed by atoms with Gasteiger partial charge in [0.2, 0.25) is 5.91 Å². The van der Waals surface area contributed by atoms with Gasteiger partial charge in [-0.1, -0.05) is 6.07 Å². The summed E-state index contributed by atoms with van der Waals surface area (Å²) in [6, 6.07) is 7.18. The van der Waals surface area contributed by atoms with Crippen LogP contribution in [0.15, 0.2) is 42.7 Å². The van der Waals surface area contributed by atoms with Crippen molar-refractivity contribution in [2.45, 2.75) is 6.92 Å². The van der Waals surface area contributed by atoms with Crippen molar-refractivity contribution in [3.8, 4) is 0 Å². The van der Waals surface area contributed by atoms with E-state index < -0.39 is 17.6 Å². The molecule has 116 valence electrons. The number of fused-ring (bicyclic) bond motifs is 1. The van der Waals surface area contributed by atoms with Crippen molar-refractivity contribution in [2.24, 2.45) is 5.73 Å². The highest BCUT2D eigenvalue weighted by molar-refractivity contribution is 6.04. The van der Waals surface area contributed by atoms with Crippen LogP contribution in [-0.2, 0) is 0 Å². The molecule has 0 aliphatic heterocycles. The number of imidazole rings is 1. The molecule has 3 aromatic rings. The molecule has 0 spiro atoms.